The minimum atomic E-state index is -0.461. The van der Waals surface area contributed by atoms with Gasteiger partial charge in [0, 0.05) is 36.1 Å². The molecule has 9 heteroatoms. The van der Waals surface area contributed by atoms with Gasteiger partial charge in [-0.05, 0) is 66.8 Å². The first kappa shape index (κ1) is 25.3. The van der Waals surface area contributed by atoms with Crippen molar-refractivity contribution in [1.82, 2.24) is 15.3 Å². The highest BCUT2D eigenvalue weighted by molar-refractivity contribution is 7.16. The fraction of sp³-hybridized carbons (Fsp3) is 0.370. The Morgan fingerprint density at radius 3 is 2.58 bits per heavy atom. The van der Waals surface area contributed by atoms with Crippen LogP contribution >= 0.6 is 11.3 Å². The zero-order valence-electron chi connectivity index (χ0n) is 20.4. The highest BCUT2D eigenvalue weighted by atomic mass is 32.1. The smallest absolute Gasteiger partial charge is 0.407 e. The fourth-order valence-electron chi connectivity index (χ4n) is 4.37. The Bertz CT molecular complexity index is 1240. The van der Waals surface area contributed by atoms with Crippen LogP contribution in [0.4, 0.5) is 9.80 Å². The molecule has 4 rings (SSSR count). The maximum atomic E-state index is 12.7. The van der Waals surface area contributed by atoms with Crippen LogP contribution in [-0.4, -0.2) is 28.6 Å². The topological polar surface area (TPSA) is 117 Å². The molecule has 0 aliphatic heterocycles. The Labute approximate surface area is 214 Å². The number of carbonyl (C=O) groups is 2. The van der Waals surface area contributed by atoms with E-state index >= 15 is 0 Å². The van der Waals surface area contributed by atoms with Gasteiger partial charge in [-0.15, -0.1) is 11.3 Å². The summed E-state index contributed by atoms with van der Waals surface area (Å²) in [4.78, 5) is 34.3. The second-order valence-electron chi connectivity index (χ2n) is 9.12. The monoisotopic (exact) mass is 503 g/mol. The summed E-state index contributed by atoms with van der Waals surface area (Å²) in [6, 6.07) is 9.62. The number of amides is 2. The van der Waals surface area contributed by atoms with Crippen LogP contribution in [0, 0.1) is 17.2 Å². The first-order chi connectivity index (χ1) is 17.4. The van der Waals surface area contributed by atoms with E-state index in [-0.39, 0.29) is 23.8 Å². The number of ether oxygens (including phenoxy) is 1. The number of hydrogen-bond acceptors (Lipinski definition) is 7. The number of nitrogens with one attached hydrogen (secondary N) is 2. The van der Waals surface area contributed by atoms with E-state index in [0.29, 0.717) is 30.0 Å². The molecule has 2 N–H and O–H groups in total. The van der Waals surface area contributed by atoms with Crippen molar-refractivity contribution in [1.29, 1.82) is 5.26 Å². The summed E-state index contributed by atoms with van der Waals surface area (Å²) in [7, 11) is 0. The van der Waals surface area contributed by atoms with Crippen LogP contribution < -0.4 is 10.6 Å². The summed E-state index contributed by atoms with van der Waals surface area (Å²) in [5.74, 6) is 0.0596. The molecule has 3 aromatic heterocycles. The molecule has 3 atom stereocenters. The number of nitrogens with zero attached hydrogens (tertiary/aromatic N) is 3. The average Bonchev–Trinajstić information content (AvgIpc) is 3.24. The number of nitriles is 1. The lowest BCUT2D eigenvalue weighted by molar-refractivity contribution is -0.116. The second kappa shape index (κ2) is 11.8. The number of rotatable bonds is 8. The van der Waals surface area contributed by atoms with Gasteiger partial charge < -0.3 is 15.4 Å². The van der Waals surface area contributed by atoms with Gasteiger partial charge in [-0.3, -0.25) is 14.8 Å². The van der Waals surface area contributed by atoms with Crippen molar-refractivity contribution in [3.63, 3.8) is 0 Å². The van der Waals surface area contributed by atoms with E-state index in [1.54, 1.807) is 24.8 Å². The zero-order chi connectivity index (χ0) is 25.5. The lowest BCUT2D eigenvalue weighted by Gasteiger charge is -2.22. The number of carbonyl (C=O) groups excluding carboxylic acids is 2. The lowest BCUT2D eigenvalue weighted by atomic mass is 9.88. The molecule has 3 unspecified atom stereocenters. The van der Waals surface area contributed by atoms with E-state index in [1.165, 1.54) is 11.3 Å². The minimum absolute atomic E-state index is 0.0207. The Morgan fingerprint density at radius 1 is 1.19 bits per heavy atom. The highest BCUT2D eigenvalue weighted by Gasteiger charge is 2.27. The van der Waals surface area contributed by atoms with Crippen LogP contribution in [-0.2, 0) is 22.4 Å². The molecule has 0 saturated heterocycles. The summed E-state index contributed by atoms with van der Waals surface area (Å²) in [5, 5.41) is 16.2. The van der Waals surface area contributed by atoms with Gasteiger partial charge in [0.25, 0.3) is 0 Å². The summed E-state index contributed by atoms with van der Waals surface area (Å²) >= 11 is 1.45. The predicted octanol–water partition coefficient (Wildman–Crippen LogP) is 5.13. The third-order valence-corrected chi connectivity index (χ3v) is 7.62. The van der Waals surface area contributed by atoms with Crippen LogP contribution in [0.5, 0.6) is 0 Å². The average molecular weight is 504 g/mol. The second-order valence-corrected chi connectivity index (χ2v) is 10.2. The molecule has 8 nitrogen and oxygen atoms in total. The van der Waals surface area contributed by atoms with Crippen molar-refractivity contribution < 1.29 is 14.3 Å². The minimum Gasteiger partial charge on any atom is -0.449 e. The summed E-state index contributed by atoms with van der Waals surface area (Å²) < 4.78 is 5.50. The van der Waals surface area contributed by atoms with E-state index in [2.05, 4.69) is 26.7 Å². The third kappa shape index (κ3) is 6.26. The maximum absolute atomic E-state index is 12.7. The zero-order valence-corrected chi connectivity index (χ0v) is 21.2. The quantitative estimate of drug-likeness (QED) is 0.440. The number of fused-ring (bicyclic) bond motifs is 1. The molecule has 3 aromatic rings. The SMILES string of the molecule is CC(CC(=O)Nc1sc2c(c1C#N)CCC(COC(=O)NC(C)c1cccnc1)C2)c1cccnc1. The van der Waals surface area contributed by atoms with E-state index < -0.39 is 6.09 Å². The van der Waals surface area contributed by atoms with Crippen molar-refractivity contribution in [2.45, 2.75) is 51.5 Å². The predicted molar refractivity (Wildman–Crippen MR) is 138 cm³/mol. The van der Waals surface area contributed by atoms with Crippen molar-refractivity contribution in [3.8, 4) is 6.07 Å². The summed E-state index contributed by atoms with van der Waals surface area (Å²) in [5.41, 5.74) is 3.47. The van der Waals surface area contributed by atoms with E-state index in [4.69, 9.17) is 4.74 Å². The van der Waals surface area contributed by atoms with Gasteiger partial charge in [0.15, 0.2) is 0 Å². The van der Waals surface area contributed by atoms with Crippen molar-refractivity contribution in [3.05, 3.63) is 76.2 Å². The van der Waals surface area contributed by atoms with Crippen LogP contribution in [0.15, 0.2) is 49.1 Å². The Kier molecular flexibility index (Phi) is 8.28. The van der Waals surface area contributed by atoms with Crippen LogP contribution in [0.2, 0.25) is 0 Å². The molecule has 2 amide bonds. The van der Waals surface area contributed by atoms with Crippen molar-refractivity contribution >= 4 is 28.3 Å². The first-order valence-electron chi connectivity index (χ1n) is 12.0. The Balaban J connectivity index is 1.31. The molecule has 0 radical (unpaired) electrons. The number of aromatic nitrogens is 2. The molecule has 3 heterocycles. The van der Waals surface area contributed by atoms with Gasteiger partial charge in [-0.2, -0.15) is 5.26 Å². The molecule has 0 fully saturated rings. The van der Waals surface area contributed by atoms with Gasteiger partial charge >= 0.3 is 6.09 Å². The molecule has 1 aliphatic rings. The van der Waals surface area contributed by atoms with Gasteiger partial charge in [0.2, 0.25) is 5.91 Å². The fourth-order valence-corrected chi connectivity index (χ4v) is 5.70. The maximum Gasteiger partial charge on any atom is 0.407 e. The largest absolute Gasteiger partial charge is 0.449 e. The molecular weight excluding hydrogens is 474 g/mol. The van der Waals surface area contributed by atoms with Gasteiger partial charge in [-0.25, -0.2) is 4.79 Å². The van der Waals surface area contributed by atoms with E-state index in [1.807, 2.05) is 38.1 Å². The third-order valence-electron chi connectivity index (χ3n) is 6.45. The number of hydrogen-bond donors (Lipinski definition) is 2. The summed E-state index contributed by atoms with van der Waals surface area (Å²) in [6.07, 6.45) is 8.97. The van der Waals surface area contributed by atoms with Gasteiger partial charge in [0.05, 0.1) is 18.2 Å². The molecule has 0 aromatic carbocycles. The first-order valence-corrected chi connectivity index (χ1v) is 12.8. The summed E-state index contributed by atoms with van der Waals surface area (Å²) in [6.45, 7) is 4.17. The highest BCUT2D eigenvalue weighted by Crippen LogP contribution is 2.39. The number of thiophene rings is 1. The van der Waals surface area contributed by atoms with Crippen LogP contribution in [0.1, 0.15) is 65.8 Å². The van der Waals surface area contributed by atoms with Crippen molar-refractivity contribution in [2.75, 3.05) is 11.9 Å². The van der Waals surface area contributed by atoms with Gasteiger partial charge in [0.1, 0.15) is 11.1 Å². The molecule has 36 heavy (non-hydrogen) atoms. The number of alkyl carbamates (subject to hydrolysis) is 1. The molecule has 1 aliphatic carbocycles. The van der Waals surface area contributed by atoms with Gasteiger partial charge in [-0.1, -0.05) is 19.1 Å². The Morgan fingerprint density at radius 2 is 1.92 bits per heavy atom. The lowest BCUT2D eigenvalue weighted by Crippen LogP contribution is -2.30. The molecule has 0 bridgehead atoms. The molecule has 0 spiro atoms. The van der Waals surface area contributed by atoms with E-state index in [0.717, 1.165) is 34.4 Å². The standard InChI is InChI=1S/C27H29N5O3S/c1-17(20-5-3-9-29-14-20)11-25(33)32-26-23(13-28)22-8-7-19(12-24(22)36-26)16-35-27(34)31-18(2)21-6-4-10-30-15-21/h3-6,9-10,14-15,17-19H,7-8,11-12,16H2,1-2H3,(H,31,34)(H,32,33). The van der Waals surface area contributed by atoms with E-state index in [9.17, 15) is 14.9 Å². The number of pyridine rings is 2. The molecule has 186 valence electrons. The van der Waals surface area contributed by atoms with Crippen LogP contribution in [0.3, 0.4) is 0 Å². The molecular formula is C27H29N5O3S. The number of anilines is 1. The van der Waals surface area contributed by atoms with Crippen LogP contribution in [0.25, 0.3) is 0 Å². The molecule has 0 saturated carbocycles. The Hall–Kier alpha value is -3.77. The normalized spacial score (nSPS) is 16.2. The van der Waals surface area contributed by atoms with Crippen molar-refractivity contribution in [2.24, 2.45) is 5.92 Å².